The predicted molar refractivity (Wildman–Crippen MR) is 42.8 cm³/mol. The molecule has 2 rings (SSSR count). The van der Waals surface area contributed by atoms with E-state index in [-0.39, 0.29) is 11.5 Å². The molecule has 1 fully saturated rings. The van der Waals surface area contributed by atoms with E-state index in [0.717, 1.165) is 0 Å². The van der Waals surface area contributed by atoms with E-state index in [0.29, 0.717) is 0 Å². The van der Waals surface area contributed by atoms with E-state index in [1.165, 1.54) is 0 Å². The number of carbonyl (C=O) groups is 2. The van der Waals surface area contributed by atoms with Crippen LogP contribution in [0.2, 0.25) is 0 Å². The summed E-state index contributed by atoms with van der Waals surface area (Å²) in [4.78, 5) is 22.0. The Balaban J connectivity index is 2.39. The van der Waals surface area contributed by atoms with E-state index in [2.05, 4.69) is 0 Å². The first-order valence-corrected chi connectivity index (χ1v) is 4.12. The number of hydrogen-bond donors (Lipinski definition) is 2. The quantitative estimate of drug-likeness (QED) is 0.536. The topological polar surface area (TPSA) is 98.9 Å². The molecule has 0 aromatic rings. The van der Waals surface area contributed by atoms with Gasteiger partial charge in [-0.05, 0) is 6.92 Å². The molecule has 14 heavy (non-hydrogen) atoms. The summed E-state index contributed by atoms with van der Waals surface area (Å²) in [5.41, 5.74) is 5.30. The van der Waals surface area contributed by atoms with Crippen molar-refractivity contribution in [1.82, 2.24) is 0 Å². The molecular formula is C8H9NO5. The first-order chi connectivity index (χ1) is 6.52. The summed E-state index contributed by atoms with van der Waals surface area (Å²) in [6.07, 6.45) is -1.38. The van der Waals surface area contributed by atoms with Crippen molar-refractivity contribution in [2.24, 2.45) is 11.7 Å². The third-order valence-corrected chi connectivity index (χ3v) is 2.45. The molecular weight excluding hydrogens is 190 g/mol. The van der Waals surface area contributed by atoms with Crippen LogP contribution in [0.1, 0.15) is 6.92 Å². The Bertz CT molecular complexity index is 348. The van der Waals surface area contributed by atoms with Crippen molar-refractivity contribution < 1.29 is 24.2 Å². The second-order valence-electron chi connectivity index (χ2n) is 3.29. The van der Waals surface area contributed by atoms with Gasteiger partial charge in [-0.2, -0.15) is 0 Å². The number of cyclic esters (lactones) is 1. The Morgan fingerprint density at radius 1 is 1.50 bits per heavy atom. The van der Waals surface area contributed by atoms with Gasteiger partial charge in [0, 0.05) is 0 Å². The van der Waals surface area contributed by atoms with Crippen LogP contribution >= 0.6 is 0 Å². The van der Waals surface area contributed by atoms with E-state index < -0.39 is 30.1 Å². The highest BCUT2D eigenvalue weighted by Gasteiger charge is 2.53. The van der Waals surface area contributed by atoms with Crippen molar-refractivity contribution >= 4 is 11.9 Å². The number of carboxylic acid groups (broad SMARTS) is 1. The molecule has 0 saturated carbocycles. The molecule has 1 saturated heterocycles. The van der Waals surface area contributed by atoms with E-state index in [4.69, 9.17) is 20.3 Å². The second kappa shape index (κ2) is 2.63. The Kier molecular flexibility index (Phi) is 1.67. The van der Waals surface area contributed by atoms with Gasteiger partial charge in [0.1, 0.15) is 11.7 Å². The Morgan fingerprint density at radius 3 is 2.71 bits per heavy atom. The molecule has 0 aromatic heterocycles. The van der Waals surface area contributed by atoms with E-state index in [9.17, 15) is 9.59 Å². The minimum Gasteiger partial charge on any atom is -0.478 e. The van der Waals surface area contributed by atoms with Crippen molar-refractivity contribution in [2.45, 2.75) is 19.1 Å². The van der Waals surface area contributed by atoms with Crippen LogP contribution in [0.3, 0.4) is 0 Å². The number of hydrogen-bond acceptors (Lipinski definition) is 5. The zero-order valence-corrected chi connectivity index (χ0v) is 7.39. The lowest BCUT2D eigenvalue weighted by molar-refractivity contribution is -0.147. The fraction of sp³-hybridized carbons (Fsp3) is 0.500. The molecule has 3 N–H and O–H groups in total. The summed E-state index contributed by atoms with van der Waals surface area (Å²) in [7, 11) is 0. The number of carboxylic acids is 1. The molecule has 0 aromatic carbocycles. The molecule has 6 heteroatoms. The summed E-state index contributed by atoms with van der Waals surface area (Å²) < 4.78 is 9.78. The number of esters is 1. The molecule has 76 valence electrons. The van der Waals surface area contributed by atoms with E-state index in [1.807, 2.05) is 0 Å². The molecule has 0 bridgehead atoms. The molecule has 3 unspecified atom stereocenters. The molecule has 6 nitrogen and oxygen atoms in total. The SMILES string of the molecule is CC1OC(=O)C2OC(N)=C(C(=O)O)C12. The lowest BCUT2D eigenvalue weighted by atomic mass is 9.93. The molecule has 0 radical (unpaired) electrons. The van der Waals surface area contributed by atoms with Gasteiger partial charge in [0.15, 0.2) is 5.88 Å². The van der Waals surface area contributed by atoms with Gasteiger partial charge in [0.2, 0.25) is 6.10 Å². The van der Waals surface area contributed by atoms with Crippen LogP contribution in [0.4, 0.5) is 0 Å². The third kappa shape index (κ3) is 0.966. The zero-order valence-electron chi connectivity index (χ0n) is 7.39. The minimum absolute atomic E-state index is 0.0617. The molecule has 3 atom stereocenters. The zero-order chi connectivity index (χ0) is 10.5. The maximum Gasteiger partial charge on any atom is 0.348 e. The van der Waals surface area contributed by atoms with E-state index in [1.54, 1.807) is 6.92 Å². The summed E-state index contributed by atoms with van der Waals surface area (Å²) >= 11 is 0. The van der Waals surface area contributed by atoms with Crippen LogP contribution in [0.25, 0.3) is 0 Å². The minimum atomic E-state index is -1.17. The van der Waals surface area contributed by atoms with Crippen molar-refractivity contribution in [1.29, 1.82) is 0 Å². The fourth-order valence-electron chi connectivity index (χ4n) is 1.84. The highest BCUT2D eigenvalue weighted by molar-refractivity contribution is 5.92. The highest BCUT2D eigenvalue weighted by atomic mass is 16.6. The van der Waals surface area contributed by atoms with Crippen LogP contribution in [0.5, 0.6) is 0 Å². The molecule has 0 amide bonds. The molecule has 0 aliphatic carbocycles. The maximum absolute atomic E-state index is 11.2. The molecule has 2 aliphatic heterocycles. The monoisotopic (exact) mass is 199 g/mol. The Hall–Kier alpha value is -1.72. The molecule has 2 aliphatic rings. The standard InChI is InChI=1S/C8H9NO5/c1-2-3-4(7(10)11)6(9)14-5(3)8(12)13-2/h2-3,5H,9H2,1H3,(H,10,11). The summed E-state index contributed by atoms with van der Waals surface area (Å²) in [5.74, 6) is -2.49. The van der Waals surface area contributed by atoms with Gasteiger partial charge in [0.25, 0.3) is 0 Å². The van der Waals surface area contributed by atoms with Crippen molar-refractivity contribution in [3.05, 3.63) is 11.5 Å². The van der Waals surface area contributed by atoms with Crippen LogP contribution in [0.15, 0.2) is 11.5 Å². The normalized spacial score (nSPS) is 35.2. The lowest BCUT2D eigenvalue weighted by Crippen LogP contribution is -2.25. The average molecular weight is 199 g/mol. The predicted octanol–water partition coefficient (Wildman–Crippen LogP) is -0.798. The van der Waals surface area contributed by atoms with Gasteiger partial charge in [-0.15, -0.1) is 0 Å². The third-order valence-electron chi connectivity index (χ3n) is 2.45. The maximum atomic E-state index is 11.2. The number of aliphatic carboxylic acids is 1. The first-order valence-electron chi connectivity index (χ1n) is 4.12. The van der Waals surface area contributed by atoms with Gasteiger partial charge < -0.3 is 20.3 Å². The van der Waals surface area contributed by atoms with Crippen molar-refractivity contribution in [3.8, 4) is 0 Å². The van der Waals surface area contributed by atoms with Gasteiger partial charge in [-0.3, -0.25) is 0 Å². The van der Waals surface area contributed by atoms with Crippen molar-refractivity contribution in [2.75, 3.05) is 0 Å². The highest BCUT2D eigenvalue weighted by Crippen LogP contribution is 2.38. The van der Waals surface area contributed by atoms with Gasteiger partial charge >= 0.3 is 11.9 Å². The van der Waals surface area contributed by atoms with Crippen LogP contribution in [0, 0.1) is 5.92 Å². The summed E-state index contributed by atoms with van der Waals surface area (Å²) in [6.45, 7) is 1.62. The van der Waals surface area contributed by atoms with Gasteiger partial charge in [-0.1, -0.05) is 0 Å². The number of ether oxygens (including phenoxy) is 2. The molecule has 0 spiro atoms. The second-order valence-corrected chi connectivity index (χ2v) is 3.29. The molecule has 2 heterocycles. The Morgan fingerprint density at radius 2 is 2.14 bits per heavy atom. The average Bonchev–Trinajstić information content (AvgIpc) is 2.52. The van der Waals surface area contributed by atoms with E-state index >= 15 is 0 Å². The van der Waals surface area contributed by atoms with Crippen molar-refractivity contribution in [3.63, 3.8) is 0 Å². The smallest absolute Gasteiger partial charge is 0.348 e. The first kappa shape index (κ1) is 8.86. The van der Waals surface area contributed by atoms with Gasteiger partial charge in [-0.25, -0.2) is 9.59 Å². The van der Waals surface area contributed by atoms with Crippen LogP contribution < -0.4 is 5.73 Å². The van der Waals surface area contributed by atoms with Crippen LogP contribution in [-0.2, 0) is 19.1 Å². The van der Waals surface area contributed by atoms with Gasteiger partial charge in [0.05, 0.1) is 5.92 Å². The lowest BCUT2D eigenvalue weighted by Gasteiger charge is -2.09. The number of nitrogens with two attached hydrogens (primary N) is 1. The number of fused-ring (bicyclic) bond motifs is 1. The van der Waals surface area contributed by atoms with Crippen LogP contribution in [-0.4, -0.2) is 29.3 Å². The summed E-state index contributed by atoms with van der Waals surface area (Å²) in [6, 6.07) is 0. The fourth-order valence-corrected chi connectivity index (χ4v) is 1.84. The number of carbonyl (C=O) groups excluding carboxylic acids is 1. The number of rotatable bonds is 1. The summed E-state index contributed by atoms with van der Waals surface area (Å²) in [5, 5.41) is 8.85. The largest absolute Gasteiger partial charge is 0.478 e. The Labute approximate surface area is 79.3 Å².